The number of hydrogen-bond donors (Lipinski definition) is 1. The van der Waals surface area contributed by atoms with Crippen molar-refractivity contribution in [3.63, 3.8) is 0 Å². The lowest BCUT2D eigenvalue weighted by molar-refractivity contribution is 0.0987. The predicted octanol–water partition coefficient (Wildman–Crippen LogP) is 2.04. The second-order valence-electron chi connectivity index (χ2n) is 3.29. The second-order valence-corrected chi connectivity index (χ2v) is 3.29. The Morgan fingerprint density at radius 3 is 2.71 bits per heavy atom. The third-order valence-corrected chi connectivity index (χ3v) is 2.28. The van der Waals surface area contributed by atoms with Crippen molar-refractivity contribution in [1.82, 2.24) is 5.32 Å². The Balaban J connectivity index is 2.85. The summed E-state index contributed by atoms with van der Waals surface area (Å²) < 4.78 is 0. The lowest BCUT2D eigenvalue weighted by Crippen LogP contribution is -2.12. The minimum absolute atomic E-state index is 0.233. The van der Waals surface area contributed by atoms with E-state index in [0.717, 1.165) is 24.1 Å². The number of carbonyl (C=O) groups excluding carboxylic acids is 1. The summed E-state index contributed by atoms with van der Waals surface area (Å²) in [4.78, 5) is 11.6. The summed E-state index contributed by atoms with van der Waals surface area (Å²) in [6, 6.07) is 7.85. The van der Waals surface area contributed by atoms with Gasteiger partial charge in [0.1, 0.15) is 0 Å². The van der Waals surface area contributed by atoms with Gasteiger partial charge in [0.05, 0.1) is 0 Å². The average molecular weight is 191 g/mol. The molecule has 0 bridgehead atoms. The topological polar surface area (TPSA) is 29.1 Å². The first-order valence-corrected chi connectivity index (χ1v) is 5.05. The van der Waals surface area contributed by atoms with Crippen LogP contribution in [0, 0.1) is 0 Å². The zero-order chi connectivity index (χ0) is 10.4. The van der Waals surface area contributed by atoms with Crippen LogP contribution in [-0.2, 0) is 6.42 Å². The zero-order valence-corrected chi connectivity index (χ0v) is 8.84. The van der Waals surface area contributed by atoms with Crippen molar-refractivity contribution in [3.8, 4) is 0 Å². The molecule has 1 aromatic rings. The highest BCUT2D eigenvalue weighted by atomic mass is 16.1. The molecule has 0 aliphatic heterocycles. The lowest BCUT2D eigenvalue weighted by atomic mass is 10.00. The SMILES string of the molecule is CCC(=O)c1ccccc1CCNC. The maximum atomic E-state index is 11.6. The molecule has 76 valence electrons. The van der Waals surface area contributed by atoms with Gasteiger partial charge in [-0.3, -0.25) is 4.79 Å². The molecule has 0 atom stereocenters. The number of benzene rings is 1. The van der Waals surface area contributed by atoms with E-state index in [1.165, 1.54) is 0 Å². The van der Waals surface area contributed by atoms with E-state index in [1.807, 2.05) is 38.2 Å². The van der Waals surface area contributed by atoms with Crippen molar-refractivity contribution >= 4 is 5.78 Å². The normalized spacial score (nSPS) is 10.1. The van der Waals surface area contributed by atoms with Gasteiger partial charge in [0.15, 0.2) is 5.78 Å². The highest BCUT2D eigenvalue weighted by Crippen LogP contribution is 2.11. The lowest BCUT2D eigenvalue weighted by Gasteiger charge is -2.06. The van der Waals surface area contributed by atoms with Crippen molar-refractivity contribution < 1.29 is 4.79 Å². The fourth-order valence-electron chi connectivity index (χ4n) is 1.46. The highest BCUT2D eigenvalue weighted by molar-refractivity contribution is 5.97. The summed E-state index contributed by atoms with van der Waals surface area (Å²) >= 11 is 0. The number of nitrogens with one attached hydrogen (secondary N) is 1. The number of rotatable bonds is 5. The van der Waals surface area contributed by atoms with Crippen LogP contribution in [0.2, 0.25) is 0 Å². The molecule has 0 fully saturated rings. The van der Waals surface area contributed by atoms with Crippen LogP contribution in [0.5, 0.6) is 0 Å². The average Bonchev–Trinajstić information content (AvgIpc) is 2.25. The molecule has 2 nitrogen and oxygen atoms in total. The summed E-state index contributed by atoms with van der Waals surface area (Å²) in [5, 5.41) is 3.09. The Bertz CT molecular complexity index is 307. The van der Waals surface area contributed by atoms with Crippen LogP contribution in [0.15, 0.2) is 24.3 Å². The molecule has 0 amide bonds. The van der Waals surface area contributed by atoms with Crippen LogP contribution in [0.25, 0.3) is 0 Å². The molecule has 14 heavy (non-hydrogen) atoms. The van der Waals surface area contributed by atoms with E-state index in [1.54, 1.807) is 0 Å². The standard InChI is InChI=1S/C12H17NO/c1-3-12(14)11-7-5-4-6-10(11)8-9-13-2/h4-7,13H,3,8-9H2,1-2H3. The van der Waals surface area contributed by atoms with Crippen molar-refractivity contribution in [2.24, 2.45) is 0 Å². The molecule has 1 aromatic carbocycles. The first kappa shape index (κ1) is 10.9. The Hall–Kier alpha value is -1.15. The number of carbonyl (C=O) groups is 1. The van der Waals surface area contributed by atoms with Crippen molar-refractivity contribution in [2.75, 3.05) is 13.6 Å². The fourth-order valence-corrected chi connectivity index (χ4v) is 1.46. The van der Waals surface area contributed by atoms with Gasteiger partial charge in [-0.2, -0.15) is 0 Å². The molecule has 0 aromatic heterocycles. The van der Waals surface area contributed by atoms with Gasteiger partial charge in [0.2, 0.25) is 0 Å². The van der Waals surface area contributed by atoms with Crippen LogP contribution >= 0.6 is 0 Å². The summed E-state index contributed by atoms with van der Waals surface area (Å²) in [5.41, 5.74) is 2.03. The highest BCUT2D eigenvalue weighted by Gasteiger charge is 2.07. The van der Waals surface area contributed by atoms with Gasteiger partial charge in [0.25, 0.3) is 0 Å². The molecule has 0 aliphatic rings. The Labute approximate surface area is 85.3 Å². The summed E-state index contributed by atoms with van der Waals surface area (Å²) in [6.07, 6.45) is 1.50. The minimum atomic E-state index is 0.233. The Morgan fingerprint density at radius 1 is 1.36 bits per heavy atom. The molecular weight excluding hydrogens is 174 g/mol. The van der Waals surface area contributed by atoms with Crippen LogP contribution < -0.4 is 5.32 Å². The third-order valence-electron chi connectivity index (χ3n) is 2.28. The van der Waals surface area contributed by atoms with E-state index in [0.29, 0.717) is 6.42 Å². The van der Waals surface area contributed by atoms with E-state index in [4.69, 9.17) is 0 Å². The Morgan fingerprint density at radius 2 is 2.07 bits per heavy atom. The Kier molecular flexibility index (Phi) is 4.33. The summed E-state index contributed by atoms with van der Waals surface area (Å²) in [6.45, 7) is 2.81. The zero-order valence-electron chi connectivity index (χ0n) is 8.84. The van der Waals surface area contributed by atoms with E-state index < -0.39 is 0 Å². The fraction of sp³-hybridized carbons (Fsp3) is 0.417. The maximum absolute atomic E-state index is 11.6. The third kappa shape index (κ3) is 2.67. The van der Waals surface area contributed by atoms with E-state index in [9.17, 15) is 4.79 Å². The van der Waals surface area contributed by atoms with Crippen LogP contribution in [-0.4, -0.2) is 19.4 Å². The van der Waals surface area contributed by atoms with Gasteiger partial charge in [0, 0.05) is 12.0 Å². The number of ketones is 1. The molecular formula is C12H17NO. The van der Waals surface area contributed by atoms with Crippen LogP contribution in [0.3, 0.4) is 0 Å². The van der Waals surface area contributed by atoms with E-state index in [-0.39, 0.29) is 5.78 Å². The minimum Gasteiger partial charge on any atom is -0.319 e. The molecule has 0 saturated carbocycles. The molecule has 0 heterocycles. The van der Waals surface area contributed by atoms with E-state index >= 15 is 0 Å². The molecule has 1 N–H and O–H groups in total. The molecule has 0 saturated heterocycles. The molecule has 0 aliphatic carbocycles. The van der Waals surface area contributed by atoms with Gasteiger partial charge < -0.3 is 5.32 Å². The molecule has 0 radical (unpaired) electrons. The van der Waals surface area contributed by atoms with Gasteiger partial charge in [-0.15, -0.1) is 0 Å². The number of hydrogen-bond acceptors (Lipinski definition) is 2. The van der Waals surface area contributed by atoms with Gasteiger partial charge in [-0.25, -0.2) is 0 Å². The summed E-state index contributed by atoms with van der Waals surface area (Å²) in [5.74, 6) is 0.233. The van der Waals surface area contributed by atoms with Crippen molar-refractivity contribution in [3.05, 3.63) is 35.4 Å². The predicted molar refractivity (Wildman–Crippen MR) is 58.7 cm³/mol. The van der Waals surface area contributed by atoms with Crippen LogP contribution in [0.1, 0.15) is 29.3 Å². The monoisotopic (exact) mass is 191 g/mol. The number of Topliss-reactive ketones (excluding diaryl/α,β-unsaturated/α-hetero) is 1. The summed E-state index contributed by atoms with van der Waals surface area (Å²) in [7, 11) is 1.92. The molecule has 2 heteroatoms. The van der Waals surface area contributed by atoms with Gasteiger partial charge in [-0.05, 0) is 25.6 Å². The quantitative estimate of drug-likeness (QED) is 0.722. The van der Waals surface area contributed by atoms with Gasteiger partial charge in [-0.1, -0.05) is 31.2 Å². The maximum Gasteiger partial charge on any atom is 0.162 e. The van der Waals surface area contributed by atoms with Crippen LogP contribution in [0.4, 0.5) is 0 Å². The van der Waals surface area contributed by atoms with E-state index in [2.05, 4.69) is 5.32 Å². The smallest absolute Gasteiger partial charge is 0.162 e. The first-order valence-electron chi connectivity index (χ1n) is 5.05. The molecule has 0 unspecified atom stereocenters. The second kappa shape index (κ2) is 5.55. The molecule has 0 spiro atoms. The largest absolute Gasteiger partial charge is 0.319 e. The van der Waals surface area contributed by atoms with Gasteiger partial charge >= 0.3 is 0 Å². The first-order chi connectivity index (χ1) is 6.79. The molecule has 1 rings (SSSR count). The van der Waals surface area contributed by atoms with Crippen molar-refractivity contribution in [1.29, 1.82) is 0 Å². The number of likely N-dealkylation sites (N-methyl/N-ethyl adjacent to an activating group) is 1. The van der Waals surface area contributed by atoms with Crippen molar-refractivity contribution in [2.45, 2.75) is 19.8 Å².